The van der Waals surface area contributed by atoms with E-state index in [2.05, 4.69) is 42.5 Å². The van der Waals surface area contributed by atoms with Crippen LogP contribution in [0, 0.1) is 28.2 Å². The van der Waals surface area contributed by atoms with Crippen LogP contribution in [0.4, 0.5) is 0 Å². The first-order chi connectivity index (χ1) is 18.8. The molecule has 0 saturated carbocycles. The SMILES string of the molecule is [CH]NCCCC[C@H](N[CH])C(=O)NCCCC[C@H](NC(=O)[C@H](CCCCN[CH])N[CH])C(=O)NCCC(=O)NCC. The summed E-state index contributed by atoms with van der Waals surface area (Å²) in [4.78, 5) is 49.7. The molecule has 0 saturated heterocycles. The molecule has 0 spiro atoms. The van der Waals surface area contributed by atoms with Crippen molar-refractivity contribution in [2.24, 2.45) is 0 Å². The maximum Gasteiger partial charge on any atom is 0.242 e. The highest BCUT2D eigenvalue weighted by molar-refractivity contribution is 5.90. The summed E-state index contributed by atoms with van der Waals surface area (Å²) in [5.41, 5.74) is 0. The molecule has 0 aliphatic rings. The van der Waals surface area contributed by atoms with Crippen molar-refractivity contribution in [3.8, 4) is 0 Å². The zero-order chi connectivity index (χ0) is 29.3. The molecule has 8 radical (unpaired) electrons. The molecule has 12 heteroatoms. The van der Waals surface area contributed by atoms with Crippen molar-refractivity contribution in [2.75, 3.05) is 32.7 Å². The Hall–Kier alpha value is -2.28. The first-order valence-electron chi connectivity index (χ1n) is 13.8. The molecule has 0 heterocycles. The van der Waals surface area contributed by atoms with Crippen molar-refractivity contribution in [3.63, 3.8) is 0 Å². The number of amides is 4. The molecule has 8 N–H and O–H groups in total. The van der Waals surface area contributed by atoms with Gasteiger partial charge in [0, 0.05) is 54.2 Å². The zero-order valence-corrected chi connectivity index (χ0v) is 23.3. The van der Waals surface area contributed by atoms with E-state index in [9.17, 15) is 19.2 Å². The molecular weight excluding hydrogens is 500 g/mol. The molecule has 0 aromatic heterocycles. The Morgan fingerprint density at radius 3 is 1.54 bits per heavy atom. The van der Waals surface area contributed by atoms with Crippen molar-refractivity contribution in [1.82, 2.24) is 42.5 Å². The van der Waals surface area contributed by atoms with Crippen LogP contribution in [0.2, 0.25) is 0 Å². The minimum Gasteiger partial charge on any atom is -0.356 e. The Balaban J connectivity index is 4.82. The average Bonchev–Trinajstić information content (AvgIpc) is 2.92. The Kier molecular flexibility index (Phi) is 23.3. The smallest absolute Gasteiger partial charge is 0.242 e. The summed E-state index contributed by atoms with van der Waals surface area (Å²) in [5, 5.41) is 21.2. The van der Waals surface area contributed by atoms with Crippen LogP contribution in [-0.4, -0.2) is 74.5 Å². The van der Waals surface area contributed by atoms with Gasteiger partial charge in [0.05, 0.1) is 12.1 Å². The second-order valence-electron chi connectivity index (χ2n) is 9.18. The summed E-state index contributed by atoms with van der Waals surface area (Å²) in [6, 6.07) is -2.00. The van der Waals surface area contributed by atoms with E-state index in [0.717, 1.165) is 19.3 Å². The monoisotopic (exact) mass is 548 g/mol. The lowest BCUT2D eigenvalue weighted by Gasteiger charge is -2.22. The van der Waals surface area contributed by atoms with Crippen LogP contribution < -0.4 is 42.5 Å². The minimum absolute atomic E-state index is 0.132. The van der Waals surface area contributed by atoms with Gasteiger partial charge in [-0.15, -0.1) is 0 Å². The Labute approximate surface area is 235 Å². The fourth-order valence-electron chi connectivity index (χ4n) is 3.79. The van der Waals surface area contributed by atoms with E-state index in [1.165, 1.54) is 0 Å². The minimum atomic E-state index is -0.821. The summed E-state index contributed by atoms with van der Waals surface area (Å²) in [6.07, 6.45) is 5.75. The highest BCUT2D eigenvalue weighted by Gasteiger charge is 2.24. The topological polar surface area (TPSA) is 165 Å². The number of unbranched alkanes of at least 4 members (excludes halogenated alkanes) is 3. The average molecular weight is 549 g/mol. The van der Waals surface area contributed by atoms with Crippen LogP contribution in [0.1, 0.15) is 71.1 Å². The number of carbonyl (C=O) groups excluding carboxylic acids is 4. The van der Waals surface area contributed by atoms with Crippen LogP contribution in [0.15, 0.2) is 0 Å². The second-order valence-corrected chi connectivity index (χ2v) is 9.18. The molecule has 0 rings (SSSR count). The largest absolute Gasteiger partial charge is 0.356 e. The van der Waals surface area contributed by atoms with Crippen LogP contribution >= 0.6 is 0 Å². The fourth-order valence-corrected chi connectivity index (χ4v) is 3.79. The van der Waals surface area contributed by atoms with Gasteiger partial charge in [0.25, 0.3) is 0 Å². The van der Waals surface area contributed by atoms with Crippen molar-refractivity contribution in [1.29, 1.82) is 0 Å². The normalized spacial score (nSPS) is 13.3. The van der Waals surface area contributed by atoms with E-state index < -0.39 is 24.0 Å². The molecule has 0 aromatic rings. The second kappa shape index (κ2) is 24.7. The zero-order valence-electron chi connectivity index (χ0n) is 23.3. The molecule has 0 bridgehead atoms. The highest BCUT2D eigenvalue weighted by Crippen LogP contribution is 2.06. The molecule has 0 fully saturated rings. The first kappa shape index (κ1) is 36.7. The molecule has 4 amide bonds. The van der Waals surface area contributed by atoms with Crippen LogP contribution in [-0.2, 0) is 19.2 Å². The van der Waals surface area contributed by atoms with Gasteiger partial charge in [0.1, 0.15) is 6.04 Å². The summed E-state index contributed by atoms with van der Waals surface area (Å²) in [6.45, 7) is 4.12. The quantitative estimate of drug-likeness (QED) is 0.0559. The van der Waals surface area contributed by atoms with E-state index in [1.807, 2.05) is 6.92 Å². The molecule has 0 unspecified atom stereocenters. The van der Waals surface area contributed by atoms with E-state index in [4.69, 9.17) is 28.2 Å². The lowest BCUT2D eigenvalue weighted by molar-refractivity contribution is -0.130. The molecule has 0 aromatic carbocycles. The van der Waals surface area contributed by atoms with E-state index in [1.54, 1.807) is 0 Å². The molecule has 3 atom stereocenters. The molecule has 0 aliphatic heterocycles. The summed E-state index contributed by atoms with van der Waals surface area (Å²) < 4.78 is 0. The summed E-state index contributed by atoms with van der Waals surface area (Å²) in [5.74, 6) is -1.15. The number of hydrogen-bond acceptors (Lipinski definition) is 8. The summed E-state index contributed by atoms with van der Waals surface area (Å²) in [7, 11) is 21.6. The molecule has 0 aliphatic carbocycles. The third kappa shape index (κ3) is 18.6. The van der Waals surface area contributed by atoms with Gasteiger partial charge in [-0.25, -0.2) is 0 Å². The van der Waals surface area contributed by atoms with Gasteiger partial charge in [-0.1, -0.05) is 12.8 Å². The van der Waals surface area contributed by atoms with Gasteiger partial charge < -0.3 is 31.9 Å². The highest BCUT2D eigenvalue weighted by atomic mass is 16.2. The number of rotatable bonds is 25. The molecule has 220 valence electrons. The lowest BCUT2D eigenvalue weighted by atomic mass is 10.1. The third-order valence-corrected chi connectivity index (χ3v) is 6.04. The van der Waals surface area contributed by atoms with Gasteiger partial charge in [0.15, 0.2) is 0 Å². The maximum atomic E-state index is 12.8. The van der Waals surface area contributed by atoms with Gasteiger partial charge in [-0.2, -0.15) is 0 Å². The van der Waals surface area contributed by atoms with Crippen molar-refractivity contribution in [2.45, 2.75) is 89.3 Å². The number of hydrogen-bond donors (Lipinski definition) is 8. The van der Waals surface area contributed by atoms with E-state index >= 15 is 0 Å². The Bertz CT molecular complexity index is 680. The van der Waals surface area contributed by atoms with Gasteiger partial charge in [0.2, 0.25) is 23.6 Å². The summed E-state index contributed by atoms with van der Waals surface area (Å²) >= 11 is 0. The van der Waals surface area contributed by atoms with E-state index in [-0.39, 0.29) is 30.7 Å². The molecule has 39 heavy (non-hydrogen) atoms. The first-order valence-corrected chi connectivity index (χ1v) is 13.8. The van der Waals surface area contributed by atoms with Crippen LogP contribution in [0.3, 0.4) is 0 Å². The number of carbonyl (C=O) groups is 4. The molecular formula is C27H48N8O4. The Morgan fingerprint density at radius 2 is 1.03 bits per heavy atom. The maximum absolute atomic E-state index is 12.8. The Morgan fingerprint density at radius 1 is 0.564 bits per heavy atom. The third-order valence-electron chi connectivity index (χ3n) is 6.04. The van der Waals surface area contributed by atoms with Gasteiger partial charge >= 0.3 is 0 Å². The van der Waals surface area contributed by atoms with Crippen molar-refractivity contribution in [3.05, 3.63) is 28.2 Å². The van der Waals surface area contributed by atoms with Gasteiger partial charge in [-0.3, -0.25) is 29.8 Å². The van der Waals surface area contributed by atoms with Crippen molar-refractivity contribution >= 4 is 23.6 Å². The van der Waals surface area contributed by atoms with E-state index in [0.29, 0.717) is 64.7 Å². The van der Waals surface area contributed by atoms with Crippen LogP contribution in [0.5, 0.6) is 0 Å². The van der Waals surface area contributed by atoms with Gasteiger partial charge in [-0.05, 0) is 65.0 Å². The predicted molar refractivity (Wildman–Crippen MR) is 150 cm³/mol. The molecule has 12 nitrogen and oxygen atoms in total. The van der Waals surface area contributed by atoms with Crippen molar-refractivity contribution < 1.29 is 19.2 Å². The van der Waals surface area contributed by atoms with Crippen LogP contribution in [0.25, 0.3) is 0 Å². The number of nitrogens with one attached hydrogen (secondary N) is 8. The lowest BCUT2D eigenvalue weighted by Crippen LogP contribution is -2.52. The predicted octanol–water partition coefficient (Wildman–Crippen LogP) is -0.489. The standard InChI is InChI=1S/C27H48N8O4/c1-6-32-24(36)16-20-34-26(38)23(35-27(39)22(31-5)14-8-11-18-29-3)15-9-12-19-33-25(37)21(30-4)13-7-10-17-28-2/h2-5,21-23,28-31H,6-20H2,1H3,(H,32,36)(H,33,37)(H,34,38)(H,35,39)/t21-,22-,23-/m0/s1. The fraction of sp³-hybridized carbons (Fsp3) is 0.704.